The van der Waals surface area contributed by atoms with Gasteiger partial charge in [0.25, 0.3) is 5.91 Å². The molecule has 0 radical (unpaired) electrons. The lowest BCUT2D eigenvalue weighted by atomic mass is 10.1. The highest BCUT2D eigenvalue weighted by Crippen LogP contribution is 2.23. The summed E-state index contributed by atoms with van der Waals surface area (Å²) >= 11 is 0. The van der Waals surface area contributed by atoms with E-state index in [0.717, 1.165) is 34.4 Å². The molecule has 0 unspecified atom stereocenters. The van der Waals surface area contributed by atoms with Gasteiger partial charge in [-0.05, 0) is 24.3 Å². The molecule has 1 aliphatic heterocycles. The second kappa shape index (κ2) is 6.32. The van der Waals surface area contributed by atoms with Crippen LogP contribution in [0.5, 0.6) is 0 Å². The van der Waals surface area contributed by atoms with Crippen molar-refractivity contribution in [3.63, 3.8) is 0 Å². The molecule has 0 saturated carbocycles. The third-order valence-corrected chi connectivity index (χ3v) is 4.89. The molecule has 1 amide bonds. The highest BCUT2D eigenvalue weighted by atomic mass is 16.2. The molecule has 3 heterocycles. The van der Waals surface area contributed by atoms with E-state index in [1.807, 2.05) is 70.4 Å². The van der Waals surface area contributed by atoms with Gasteiger partial charge < -0.3 is 4.90 Å². The van der Waals surface area contributed by atoms with Gasteiger partial charge in [0.05, 0.1) is 34.8 Å². The van der Waals surface area contributed by atoms with Gasteiger partial charge in [-0.1, -0.05) is 30.3 Å². The average molecular weight is 355 g/mol. The third-order valence-electron chi connectivity index (χ3n) is 4.89. The van der Waals surface area contributed by atoms with Gasteiger partial charge in [-0.15, -0.1) is 0 Å². The number of nitrogens with zero attached hydrogens (tertiary/aromatic N) is 5. The summed E-state index contributed by atoms with van der Waals surface area (Å²) in [6.45, 7) is 1.17. The van der Waals surface area contributed by atoms with Gasteiger partial charge in [0.1, 0.15) is 5.69 Å². The molecule has 0 aliphatic carbocycles. The quantitative estimate of drug-likeness (QED) is 0.554. The summed E-state index contributed by atoms with van der Waals surface area (Å²) in [7, 11) is 0. The summed E-state index contributed by atoms with van der Waals surface area (Å²) in [6.07, 6.45) is 4.18. The van der Waals surface area contributed by atoms with Crippen molar-refractivity contribution in [2.75, 3.05) is 6.54 Å². The van der Waals surface area contributed by atoms with Crippen LogP contribution in [0.25, 0.3) is 16.7 Å². The Morgan fingerprint density at radius 3 is 2.56 bits per heavy atom. The van der Waals surface area contributed by atoms with E-state index in [0.29, 0.717) is 18.8 Å². The number of aromatic nitrogens is 4. The number of hydrogen-bond donors (Lipinski definition) is 0. The van der Waals surface area contributed by atoms with Crippen molar-refractivity contribution in [1.82, 2.24) is 24.6 Å². The van der Waals surface area contributed by atoms with E-state index in [9.17, 15) is 4.79 Å². The first kappa shape index (κ1) is 15.7. The highest BCUT2D eigenvalue weighted by molar-refractivity contribution is 5.93. The van der Waals surface area contributed by atoms with Crippen molar-refractivity contribution >= 4 is 16.9 Å². The van der Waals surface area contributed by atoms with Crippen molar-refractivity contribution < 1.29 is 4.79 Å². The fourth-order valence-corrected chi connectivity index (χ4v) is 3.52. The van der Waals surface area contributed by atoms with Gasteiger partial charge in [0.2, 0.25) is 0 Å². The highest BCUT2D eigenvalue weighted by Gasteiger charge is 2.26. The van der Waals surface area contributed by atoms with Crippen molar-refractivity contribution in [1.29, 1.82) is 0 Å². The molecule has 0 atom stereocenters. The molecule has 0 bridgehead atoms. The Bertz CT molecular complexity index is 1140. The van der Waals surface area contributed by atoms with Crippen LogP contribution in [-0.2, 0) is 13.0 Å². The number of carbonyl (C=O) groups excluding carboxylic acids is 1. The van der Waals surface area contributed by atoms with Gasteiger partial charge in [0, 0.05) is 25.1 Å². The normalized spacial score (nSPS) is 13.6. The monoisotopic (exact) mass is 355 g/mol. The molecule has 0 spiro atoms. The maximum Gasteiger partial charge on any atom is 0.274 e. The maximum absolute atomic E-state index is 12.9. The Labute approximate surface area is 156 Å². The molecule has 132 valence electrons. The molecular weight excluding hydrogens is 338 g/mol. The molecule has 1 aliphatic rings. The first-order valence-corrected chi connectivity index (χ1v) is 8.92. The van der Waals surface area contributed by atoms with Crippen LogP contribution in [0.15, 0.2) is 67.0 Å². The van der Waals surface area contributed by atoms with Crippen LogP contribution >= 0.6 is 0 Å². The van der Waals surface area contributed by atoms with E-state index in [1.54, 1.807) is 6.20 Å². The van der Waals surface area contributed by atoms with E-state index < -0.39 is 0 Å². The molecule has 0 fully saturated rings. The van der Waals surface area contributed by atoms with Crippen LogP contribution in [0.4, 0.5) is 0 Å². The van der Waals surface area contributed by atoms with Crippen molar-refractivity contribution in [2.24, 2.45) is 0 Å². The molecule has 27 heavy (non-hydrogen) atoms. The van der Waals surface area contributed by atoms with Gasteiger partial charge in [0.15, 0.2) is 0 Å². The van der Waals surface area contributed by atoms with Gasteiger partial charge in [-0.25, -0.2) is 9.67 Å². The SMILES string of the molecule is O=C(c1cnc2ccccc2n1)N1CCc2c(cnn2-c2ccccc2)C1. The Morgan fingerprint density at radius 1 is 0.926 bits per heavy atom. The van der Waals surface area contributed by atoms with Gasteiger partial charge >= 0.3 is 0 Å². The van der Waals surface area contributed by atoms with Crippen LogP contribution in [0.3, 0.4) is 0 Å². The van der Waals surface area contributed by atoms with Gasteiger partial charge in [-0.3, -0.25) is 9.78 Å². The molecule has 6 heteroatoms. The summed E-state index contributed by atoms with van der Waals surface area (Å²) in [6, 6.07) is 17.6. The van der Waals surface area contributed by atoms with Crippen LogP contribution in [0.2, 0.25) is 0 Å². The first-order chi connectivity index (χ1) is 13.3. The number of carbonyl (C=O) groups is 1. The van der Waals surface area contributed by atoms with E-state index >= 15 is 0 Å². The Morgan fingerprint density at radius 2 is 1.70 bits per heavy atom. The van der Waals surface area contributed by atoms with E-state index in [-0.39, 0.29) is 5.91 Å². The molecule has 4 aromatic rings. The number of para-hydroxylation sites is 3. The Hall–Kier alpha value is -3.54. The number of benzene rings is 2. The third kappa shape index (κ3) is 2.75. The topological polar surface area (TPSA) is 63.9 Å². The molecule has 2 aromatic heterocycles. The Balaban J connectivity index is 1.42. The largest absolute Gasteiger partial charge is 0.332 e. The number of hydrogen-bond acceptors (Lipinski definition) is 4. The number of amides is 1. The van der Waals surface area contributed by atoms with E-state index in [2.05, 4.69) is 15.1 Å². The smallest absolute Gasteiger partial charge is 0.274 e. The fraction of sp³-hybridized carbons (Fsp3) is 0.143. The molecular formula is C21H17N5O. The van der Waals surface area contributed by atoms with Crippen LogP contribution in [0.1, 0.15) is 21.7 Å². The zero-order chi connectivity index (χ0) is 18.2. The van der Waals surface area contributed by atoms with Crippen molar-refractivity contribution in [2.45, 2.75) is 13.0 Å². The minimum atomic E-state index is -0.0913. The molecule has 6 nitrogen and oxygen atoms in total. The lowest BCUT2D eigenvalue weighted by Crippen LogP contribution is -2.36. The summed E-state index contributed by atoms with van der Waals surface area (Å²) in [5.41, 5.74) is 5.19. The summed E-state index contributed by atoms with van der Waals surface area (Å²) in [5.74, 6) is -0.0913. The summed E-state index contributed by atoms with van der Waals surface area (Å²) in [4.78, 5) is 23.6. The summed E-state index contributed by atoms with van der Waals surface area (Å²) < 4.78 is 1.97. The number of fused-ring (bicyclic) bond motifs is 2. The van der Waals surface area contributed by atoms with Crippen molar-refractivity contribution in [3.8, 4) is 5.69 Å². The fourth-order valence-electron chi connectivity index (χ4n) is 3.52. The summed E-state index contributed by atoms with van der Waals surface area (Å²) in [5, 5.41) is 4.53. The minimum Gasteiger partial charge on any atom is -0.332 e. The molecule has 2 aromatic carbocycles. The Kier molecular flexibility index (Phi) is 3.67. The second-order valence-electron chi connectivity index (χ2n) is 6.58. The van der Waals surface area contributed by atoms with Crippen LogP contribution < -0.4 is 0 Å². The van der Waals surface area contributed by atoms with Crippen LogP contribution in [0, 0.1) is 0 Å². The number of rotatable bonds is 2. The van der Waals surface area contributed by atoms with Gasteiger partial charge in [-0.2, -0.15) is 5.10 Å². The second-order valence-corrected chi connectivity index (χ2v) is 6.58. The standard InChI is InChI=1S/C21H17N5O/c27-21(19-13-22-17-8-4-5-9-18(17)24-19)25-11-10-20-15(14-25)12-23-26(20)16-6-2-1-3-7-16/h1-9,12-13H,10-11,14H2. The predicted octanol–water partition coefficient (Wildman–Crippen LogP) is 3.01. The van der Waals surface area contributed by atoms with E-state index in [4.69, 9.17) is 0 Å². The minimum absolute atomic E-state index is 0.0913. The lowest BCUT2D eigenvalue weighted by Gasteiger charge is -2.27. The maximum atomic E-state index is 12.9. The molecule has 0 saturated heterocycles. The molecule has 5 rings (SSSR count). The van der Waals surface area contributed by atoms with Crippen LogP contribution in [-0.4, -0.2) is 37.1 Å². The van der Waals surface area contributed by atoms with E-state index in [1.165, 1.54) is 0 Å². The van der Waals surface area contributed by atoms with Crippen molar-refractivity contribution in [3.05, 3.63) is 83.9 Å². The first-order valence-electron chi connectivity index (χ1n) is 8.92. The lowest BCUT2D eigenvalue weighted by molar-refractivity contribution is 0.0728. The predicted molar refractivity (Wildman–Crippen MR) is 102 cm³/mol. The average Bonchev–Trinajstić information content (AvgIpc) is 3.17. The molecule has 0 N–H and O–H groups in total. The zero-order valence-electron chi connectivity index (χ0n) is 14.6. The zero-order valence-corrected chi connectivity index (χ0v) is 14.6.